The van der Waals surface area contributed by atoms with Crippen LogP contribution in [0.4, 0.5) is 4.79 Å². The van der Waals surface area contributed by atoms with Crippen LogP contribution in [-0.4, -0.2) is 35.6 Å². The standard InChI is InChI=1S/C18H27N3O4/c1-5-25-17(23)16(11-13(2)3)19-18(24)21(20-14(4)22)12-15-9-7-6-8-10-15/h6-10,13,16H,5,11-12H2,1-4H3,(H,19,24)(H,20,22)/t16-/m0/s1. The second kappa shape index (κ2) is 10.3. The van der Waals surface area contributed by atoms with Crippen LogP contribution >= 0.6 is 0 Å². The molecular formula is C18H27N3O4. The zero-order chi connectivity index (χ0) is 18.8. The monoisotopic (exact) mass is 349 g/mol. The number of nitrogens with one attached hydrogen (secondary N) is 2. The van der Waals surface area contributed by atoms with Crippen LogP contribution in [0.25, 0.3) is 0 Å². The van der Waals surface area contributed by atoms with Crippen molar-refractivity contribution in [3.05, 3.63) is 35.9 Å². The van der Waals surface area contributed by atoms with E-state index < -0.39 is 18.0 Å². The highest BCUT2D eigenvalue weighted by molar-refractivity contribution is 5.85. The zero-order valence-electron chi connectivity index (χ0n) is 15.2. The highest BCUT2D eigenvalue weighted by atomic mass is 16.5. The van der Waals surface area contributed by atoms with Gasteiger partial charge in [-0.15, -0.1) is 0 Å². The summed E-state index contributed by atoms with van der Waals surface area (Å²) >= 11 is 0. The van der Waals surface area contributed by atoms with Crippen LogP contribution in [0.2, 0.25) is 0 Å². The molecule has 0 saturated heterocycles. The molecule has 3 amide bonds. The Balaban J connectivity index is 2.86. The van der Waals surface area contributed by atoms with Gasteiger partial charge in [-0.2, -0.15) is 0 Å². The van der Waals surface area contributed by atoms with E-state index in [1.165, 1.54) is 6.92 Å². The number of hydrazine groups is 1. The molecule has 1 rings (SSSR count). The van der Waals surface area contributed by atoms with Gasteiger partial charge in [0.05, 0.1) is 13.2 Å². The zero-order valence-corrected chi connectivity index (χ0v) is 15.2. The molecule has 2 N–H and O–H groups in total. The number of nitrogens with zero attached hydrogens (tertiary/aromatic N) is 1. The quantitative estimate of drug-likeness (QED) is 0.584. The molecule has 0 bridgehead atoms. The Labute approximate surface area is 148 Å². The van der Waals surface area contributed by atoms with Gasteiger partial charge in [-0.1, -0.05) is 44.2 Å². The molecule has 0 aliphatic rings. The number of carbonyl (C=O) groups is 3. The summed E-state index contributed by atoms with van der Waals surface area (Å²) in [6, 6.07) is 7.93. The lowest BCUT2D eigenvalue weighted by molar-refractivity contribution is -0.145. The number of benzene rings is 1. The van der Waals surface area contributed by atoms with Crippen molar-refractivity contribution >= 4 is 17.9 Å². The average molecular weight is 349 g/mol. The molecule has 0 unspecified atom stereocenters. The number of carbonyl (C=O) groups excluding carboxylic acids is 3. The third kappa shape index (κ3) is 7.69. The van der Waals surface area contributed by atoms with Crippen molar-refractivity contribution in [1.29, 1.82) is 0 Å². The maximum Gasteiger partial charge on any atom is 0.337 e. The van der Waals surface area contributed by atoms with Gasteiger partial charge in [0.1, 0.15) is 6.04 Å². The molecule has 7 heteroatoms. The Morgan fingerprint density at radius 1 is 1.16 bits per heavy atom. The maximum absolute atomic E-state index is 12.6. The van der Waals surface area contributed by atoms with Gasteiger partial charge in [0.25, 0.3) is 0 Å². The molecule has 0 aliphatic carbocycles. The van der Waals surface area contributed by atoms with E-state index in [1.54, 1.807) is 6.92 Å². The predicted octanol–water partition coefficient (Wildman–Crippen LogP) is 2.23. The van der Waals surface area contributed by atoms with E-state index in [0.29, 0.717) is 6.42 Å². The molecule has 0 radical (unpaired) electrons. The first kappa shape index (κ1) is 20.5. The van der Waals surface area contributed by atoms with Gasteiger partial charge < -0.3 is 10.1 Å². The van der Waals surface area contributed by atoms with E-state index in [0.717, 1.165) is 10.6 Å². The summed E-state index contributed by atoms with van der Waals surface area (Å²) < 4.78 is 5.03. The molecule has 0 saturated carbocycles. The third-order valence-corrected chi connectivity index (χ3v) is 3.30. The minimum absolute atomic E-state index is 0.184. The lowest BCUT2D eigenvalue weighted by Crippen LogP contribution is -2.54. The van der Waals surface area contributed by atoms with E-state index in [1.807, 2.05) is 44.2 Å². The Kier molecular flexibility index (Phi) is 8.46. The van der Waals surface area contributed by atoms with E-state index in [9.17, 15) is 14.4 Å². The topological polar surface area (TPSA) is 87.7 Å². The van der Waals surface area contributed by atoms with Gasteiger partial charge in [-0.3, -0.25) is 10.2 Å². The van der Waals surface area contributed by atoms with Gasteiger partial charge in [-0.25, -0.2) is 14.6 Å². The summed E-state index contributed by atoms with van der Waals surface area (Å²) in [6.45, 7) is 7.36. The van der Waals surface area contributed by atoms with Gasteiger partial charge in [0.2, 0.25) is 5.91 Å². The first-order valence-corrected chi connectivity index (χ1v) is 8.39. The number of hydrogen-bond donors (Lipinski definition) is 2. The molecule has 7 nitrogen and oxygen atoms in total. The van der Waals surface area contributed by atoms with E-state index in [-0.39, 0.29) is 25.0 Å². The van der Waals surface area contributed by atoms with Crippen LogP contribution in [0, 0.1) is 5.92 Å². The summed E-state index contributed by atoms with van der Waals surface area (Å²) in [5, 5.41) is 3.81. The minimum Gasteiger partial charge on any atom is -0.464 e. The van der Waals surface area contributed by atoms with Crippen LogP contribution in [-0.2, 0) is 20.9 Å². The SMILES string of the molecule is CCOC(=O)[C@H](CC(C)C)NC(=O)N(Cc1ccccc1)NC(C)=O. The molecule has 1 atom stereocenters. The molecule has 138 valence electrons. The van der Waals surface area contributed by atoms with Crippen LogP contribution in [0.5, 0.6) is 0 Å². The molecule has 0 fully saturated rings. The highest BCUT2D eigenvalue weighted by Crippen LogP contribution is 2.08. The summed E-state index contributed by atoms with van der Waals surface area (Å²) in [7, 11) is 0. The molecule has 0 aliphatic heterocycles. The number of esters is 1. The lowest BCUT2D eigenvalue weighted by Gasteiger charge is -2.26. The fourth-order valence-electron chi connectivity index (χ4n) is 2.27. The maximum atomic E-state index is 12.6. The number of urea groups is 1. The molecule has 0 aromatic heterocycles. The average Bonchev–Trinajstić information content (AvgIpc) is 2.54. The smallest absolute Gasteiger partial charge is 0.337 e. The van der Waals surface area contributed by atoms with E-state index in [4.69, 9.17) is 4.74 Å². The summed E-state index contributed by atoms with van der Waals surface area (Å²) in [4.78, 5) is 36.1. The largest absolute Gasteiger partial charge is 0.464 e. The van der Waals surface area contributed by atoms with Gasteiger partial charge in [0.15, 0.2) is 0 Å². The molecular weight excluding hydrogens is 322 g/mol. The molecule has 25 heavy (non-hydrogen) atoms. The number of hydrogen-bond acceptors (Lipinski definition) is 4. The van der Waals surface area contributed by atoms with Crippen molar-refractivity contribution in [3.63, 3.8) is 0 Å². The first-order chi connectivity index (χ1) is 11.8. The first-order valence-electron chi connectivity index (χ1n) is 8.39. The minimum atomic E-state index is -0.764. The second-order valence-electron chi connectivity index (χ2n) is 6.12. The summed E-state index contributed by atoms with van der Waals surface area (Å²) in [6.07, 6.45) is 0.448. The Morgan fingerprint density at radius 2 is 1.80 bits per heavy atom. The van der Waals surface area contributed by atoms with Crippen LogP contribution < -0.4 is 10.7 Å². The van der Waals surface area contributed by atoms with E-state index in [2.05, 4.69) is 10.7 Å². The van der Waals surface area contributed by atoms with Crippen molar-refractivity contribution in [2.45, 2.75) is 46.7 Å². The Bertz CT molecular complexity index is 575. The predicted molar refractivity (Wildman–Crippen MR) is 94.2 cm³/mol. The Hall–Kier alpha value is -2.57. The second-order valence-corrected chi connectivity index (χ2v) is 6.12. The third-order valence-electron chi connectivity index (χ3n) is 3.30. The van der Waals surface area contributed by atoms with Gasteiger partial charge in [0, 0.05) is 6.92 Å². The van der Waals surface area contributed by atoms with E-state index >= 15 is 0 Å². The highest BCUT2D eigenvalue weighted by Gasteiger charge is 2.26. The van der Waals surface area contributed by atoms with Crippen LogP contribution in [0.3, 0.4) is 0 Å². The fourth-order valence-corrected chi connectivity index (χ4v) is 2.27. The molecule has 0 spiro atoms. The lowest BCUT2D eigenvalue weighted by atomic mass is 10.0. The molecule has 0 heterocycles. The van der Waals surface area contributed by atoms with Crippen LogP contribution in [0.15, 0.2) is 30.3 Å². The van der Waals surface area contributed by atoms with Crippen molar-refractivity contribution in [1.82, 2.24) is 15.8 Å². The van der Waals surface area contributed by atoms with Crippen molar-refractivity contribution in [2.24, 2.45) is 5.92 Å². The van der Waals surface area contributed by atoms with Crippen LogP contribution in [0.1, 0.15) is 39.7 Å². The molecule has 1 aromatic carbocycles. The number of amides is 3. The molecule has 1 aromatic rings. The number of rotatable bonds is 7. The Morgan fingerprint density at radius 3 is 2.32 bits per heavy atom. The van der Waals surface area contributed by atoms with Crippen molar-refractivity contribution < 1.29 is 19.1 Å². The van der Waals surface area contributed by atoms with Crippen molar-refractivity contribution in [2.75, 3.05) is 6.61 Å². The van der Waals surface area contributed by atoms with Gasteiger partial charge >= 0.3 is 12.0 Å². The summed E-state index contributed by atoms with van der Waals surface area (Å²) in [5.74, 6) is -0.660. The normalized spacial score (nSPS) is 11.6. The summed E-state index contributed by atoms with van der Waals surface area (Å²) in [5.41, 5.74) is 3.34. The fraction of sp³-hybridized carbons (Fsp3) is 0.500. The number of ether oxygens (including phenoxy) is 1. The van der Waals surface area contributed by atoms with Crippen molar-refractivity contribution in [3.8, 4) is 0 Å². The van der Waals surface area contributed by atoms with Gasteiger partial charge in [-0.05, 0) is 24.8 Å².